The van der Waals surface area contributed by atoms with Crippen molar-refractivity contribution in [2.45, 2.75) is 25.1 Å². The van der Waals surface area contributed by atoms with Gasteiger partial charge >= 0.3 is 5.97 Å². The third kappa shape index (κ3) is 3.17. The molecule has 0 saturated heterocycles. The summed E-state index contributed by atoms with van der Waals surface area (Å²) in [4.78, 5) is 21.7. The van der Waals surface area contributed by atoms with Crippen LogP contribution in [0.1, 0.15) is 27.9 Å². The zero-order valence-corrected chi connectivity index (χ0v) is 10.7. The number of Topliss-reactive ketones (excluding diaryl/α,β-unsaturated/α-hetero) is 1. The standard InChI is InChI=1S/C12H13BrO3/c1-7-3-4-9(8(2)5-7)12(16)10(13)6-11(14)15/h3-5,10H,6H2,1-2H3,(H,14,15)/t10-/m1/s1. The first kappa shape index (κ1) is 12.9. The maximum Gasteiger partial charge on any atom is 0.304 e. The van der Waals surface area contributed by atoms with Gasteiger partial charge in [-0.3, -0.25) is 9.59 Å². The highest BCUT2D eigenvalue weighted by Gasteiger charge is 2.21. The Bertz CT molecular complexity index is 426. The lowest BCUT2D eigenvalue weighted by Crippen LogP contribution is -2.19. The number of benzene rings is 1. The van der Waals surface area contributed by atoms with Crippen LogP contribution in [0, 0.1) is 13.8 Å². The smallest absolute Gasteiger partial charge is 0.304 e. The maximum atomic E-state index is 11.9. The highest BCUT2D eigenvalue weighted by Crippen LogP contribution is 2.18. The van der Waals surface area contributed by atoms with Crippen LogP contribution in [0.3, 0.4) is 0 Å². The molecular formula is C12H13BrO3. The van der Waals surface area contributed by atoms with E-state index in [0.717, 1.165) is 11.1 Å². The molecule has 0 aliphatic rings. The fraction of sp³-hybridized carbons (Fsp3) is 0.333. The van der Waals surface area contributed by atoms with Gasteiger partial charge in [0.1, 0.15) is 0 Å². The number of hydrogen-bond acceptors (Lipinski definition) is 2. The van der Waals surface area contributed by atoms with Gasteiger partial charge in [0.2, 0.25) is 0 Å². The predicted octanol–water partition coefficient (Wildman–Crippen LogP) is 2.72. The molecule has 86 valence electrons. The van der Waals surface area contributed by atoms with Gasteiger partial charge < -0.3 is 5.11 Å². The summed E-state index contributed by atoms with van der Waals surface area (Å²) in [5.74, 6) is -1.17. The molecule has 0 heterocycles. The van der Waals surface area contributed by atoms with E-state index in [4.69, 9.17) is 5.11 Å². The molecule has 3 nitrogen and oxygen atoms in total. The van der Waals surface area contributed by atoms with Gasteiger partial charge in [-0.15, -0.1) is 0 Å². The topological polar surface area (TPSA) is 54.4 Å². The van der Waals surface area contributed by atoms with E-state index in [1.165, 1.54) is 0 Å². The second-order valence-corrected chi connectivity index (χ2v) is 4.85. The summed E-state index contributed by atoms with van der Waals surface area (Å²) in [5, 5.41) is 8.61. The Hall–Kier alpha value is -1.16. The second-order valence-electron chi connectivity index (χ2n) is 3.75. The Morgan fingerprint density at radius 3 is 2.50 bits per heavy atom. The van der Waals surface area contributed by atoms with E-state index in [-0.39, 0.29) is 12.2 Å². The number of aliphatic carboxylic acids is 1. The summed E-state index contributed by atoms with van der Waals surface area (Å²) < 4.78 is 0. The molecule has 0 aliphatic heterocycles. The van der Waals surface area contributed by atoms with Crippen LogP contribution in [-0.2, 0) is 4.79 Å². The molecule has 1 aromatic rings. The van der Waals surface area contributed by atoms with Crippen LogP contribution in [0.5, 0.6) is 0 Å². The lowest BCUT2D eigenvalue weighted by Gasteiger charge is -2.09. The van der Waals surface area contributed by atoms with Crippen LogP contribution in [0.15, 0.2) is 18.2 Å². The number of hydrogen-bond donors (Lipinski definition) is 1. The van der Waals surface area contributed by atoms with E-state index in [0.29, 0.717) is 5.56 Å². The molecule has 0 aromatic heterocycles. The number of ketones is 1. The number of alkyl halides is 1. The van der Waals surface area contributed by atoms with Gasteiger partial charge in [0.15, 0.2) is 5.78 Å². The number of aryl methyl sites for hydroxylation is 2. The third-order valence-electron chi connectivity index (χ3n) is 2.29. The van der Waals surface area contributed by atoms with E-state index in [2.05, 4.69) is 15.9 Å². The number of carbonyl (C=O) groups excluding carboxylic acids is 1. The Kier molecular flexibility index (Phi) is 4.24. The zero-order chi connectivity index (χ0) is 12.3. The summed E-state index contributed by atoms with van der Waals surface area (Å²) in [6.45, 7) is 3.80. The second kappa shape index (κ2) is 5.25. The molecule has 0 bridgehead atoms. The Labute approximate surface area is 103 Å². The van der Waals surface area contributed by atoms with Crippen molar-refractivity contribution >= 4 is 27.7 Å². The van der Waals surface area contributed by atoms with Gasteiger partial charge in [-0.05, 0) is 19.4 Å². The third-order valence-corrected chi connectivity index (χ3v) is 3.03. The summed E-state index contributed by atoms with van der Waals surface area (Å²) in [6.07, 6.45) is -0.202. The molecule has 0 aliphatic carbocycles. The SMILES string of the molecule is Cc1ccc(C(=O)[C@H](Br)CC(=O)O)c(C)c1. The first-order chi connectivity index (χ1) is 7.41. The van der Waals surface area contributed by atoms with Gasteiger partial charge in [-0.1, -0.05) is 39.7 Å². The number of carboxylic acid groups (broad SMARTS) is 1. The van der Waals surface area contributed by atoms with Crippen LogP contribution in [0.4, 0.5) is 0 Å². The summed E-state index contributed by atoms with van der Waals surface area (Å²) in [6, 6.07) is 5.50. The van der Waals surface area contributed by atoms with E-state index in [1.807, 2.05) is 26.0 Å². The number of halogens is 1. The number of carbonyl (C=O) groups is 2. The van der Waals surface area contributed by atoms with E-state index >= 15 is 0 Å². The molecule has 1 rings (SSSR count). The van der Waals surface area contributed by atoms with Gasteiger partial charge in [0.25, 0.3) is 0 Å². The Morgan fingerprint density at radius 1 is 1.38 bits per heavy atom. The molecule has 0 unspecified atom stereocenters. The van der Waals surface area contributed by atoms with Crippen LogP contribution >= 0.6 is 15.9 Å². The van der Waals surface area contributed by atoms with Crippen molar-refractivity contribution in [3.8, 4) is 0 Å². The van der Waals surface area contributed by atoms with Crippen molar-refractivity contribution in [1.29, 1.82) is 0 Å². The van der Waals surface area contributed by atoms with E-state index < -0.39 is 10.8 Å². The molecule has 0 spiro atoms. The minimum absolute atomic E-state index is 0.181. The van der Waals surface area contributed by atoms with Crippen molar-refractivity contribution in [1.82, 2.24) is 0 Å². The summed E-state index contributed by atoms with van der Waals surface area (Å²) in [7, 11) is 0. The molecule has 1 N–H and O–H groups in total. The van der Waals surface area contributed by atoms with Crippen LogP contribution in [0.2, 0.25) is 0 Å². The van der Waals surface area contributed by atoms with Gasteiger partial charge in [0.05, 0.1) is 11.2 Å². The van der Waals surface area contributed by atoms with Crippen molar-refractivity contribution in [2.75, 3.05) is 0 Å². The van der Waals surface area contributed by atoms with E-state index in [1.54, 1.807) is 6.07 Å². The van der Waals surface area contributed by atoms with Crippen molar-refractivity contribution in [2.24, 2.45) is 0 Å². The Balaban J connectivity index is 2.92. The lowest BCUT2D eigenvalue weighted by molar-refractivity contribution is -0.136. The molecule has 0 fully saturated rings. The van der Waals surface area contributed by atoms with Gasteiger partial charge in [0, 0.05) is 5.56 Å². The number of rotatable bonds is 4. The minimum Gasteiger partial charge on any atom is -0.481 e. The monoisotopic (exact) mass is 284 g/mol. The quantitative estimate of drug-likeness (QED) is 0.683. The first-order valence-corrected chi connectivity index (χ1v) is 5.80. The van der Waals surface area contributed by atoms with Crippen LogP contribution in [0.25, 0.3) is 0 Å². The van der Waals surface area contributed by atoms with Crippen molar-refractivity contribution < 1.29 is 14.7 Å². The maximum absolute atomic E-state index is 11.9. The normalized spacial score (nSPS) is 12.2. The summed E-state index contributed by atoms with van der Waals surface area (Å²) >= 11 is 3.10. The molecule has 1 atom stereocenters. The molecule has 1 aromatic carbocycles. The predicted molar refractivity (Wildman–Crippen MR) is 65.2 cm³/mol. The molecule has 0 amide bonds. The van der Waals surface area contributed by atoms with Gasteiger partial charge in [-0.25, -0.2) is 0 Å². The van der Waals surface area contributed by atoms with Gasteiger partial charge in [-0.2, -0.15) is 0 Å². The Morgan fingerprint density at radius 2 is 2.00 bits per heavy atom. The molecule has 0 saturated carbocycles. The fourth-order valence-corrected chi connectivity index (χ4v) is 2.03. The lowest BCUT2D eigenvalue weighted by atomic mass is 9.99. The molecule has 16 heavy (non-hydrogen) atoms. The average Bonchev–Trinajstić information content (AvgIpc) is 2.15. The number of carboxylic acids is 1. The highest BCUT2D eigenvalue weighted by molar-refractivity contribution is 9.10. The van der Waals surface area contributed by atoms with Crippen LogP contribution < -0.4 is 0 Å². The van der Waals surface area contributed by atoms with Crippen molar-refractivity contribution in [3.63, 3.8) is 0 Å². The first-order valence-electron chi connectivity index (χ1n) is 4.89. The molecular weight excluding hydrogens is 272 g/mol. The largest absolute Gasteiger partial charge is 0.481 e. The molecule has 4 heteroatoms. The summed E-state index contributed by atoms with van der Waals surface area (Å²) in [5.41, 5.74) is 2.53. The highest BCUT2D eigenvalue weighted by atomic mass is 79.9. The fourth-order valence-electron chi connectivity index (χ4n) is 1.50. The van der Waals surface area contributed by atoms with E-state index in [9.17, 15) is 9.59 Å². The molecule has 0 radical (unpaired) electrons. The van der Waals surface area contributed by atoms with Crippen LogP contribution in [-0.4, -0.2) is 21.7 Å². The average molecular weight is 285 g/mol. The zero-order valence-electron chi connectivity index (χ0n) is 9.16. The minimum atomic E-state index is -0.986. The van der Waals surface area contributed by atoms with Crippen molar-refractivity contribution in [3.05, 3.63) is 34.9 Å².